The lowest BCUT2D eigenvalue weighted by molar-refractivity contribution is -0.711. The average Bonchev–Trinajstić information content (AvgIpc) is 3.19. The molecule has 0 amide bonds. The highest BCUT2D eigenvalue weighted by molar-refractivity contribution is 7.98. The van der Waals surface area contributed by atoms with Crippen LogP contribution >= 0.6 is 35.0 Å². The summed E-state index contributed by atoms with van der Waals surface area (Å²) in [5.41, 5.74) is 6.24. The largest absolute Gasteiger partial charge is 0.673 e. The lowest BCUT2D eigenvalue weighted by Crippen LogP contribution is -2.33. The third kappa shape index (κ3) is 5.30. The van der Waals surface area contributed by atoms with Gasteiger partial charge in [0, 0.05) is 15.6 Å². The van der Waals surface area contributed by atoms with Crippen molar-refractivity contribution in [3.8, 4) is 0 Å². The Morgan fingerprint density at radius 3 is 1.90 bits per heavy atom. The van der Waals surface area contributed by atoms with Crippen molar-refractivity contribution < 1.29 is 21.8 Å². The second kappa shape index (κ2) is 9.31. The number of imidazole rings is 1. The van der Waals surface area contributed by atoms with Gasteiger partial charge in [-0.25, -0.2) is 9.13 Å². The van der Waals surface area contributed by atoms with Gasteiger partial charge in [-0.3, -0.25) is 0 Å². The van der Waals surface area contributed by atoms with E-state index in [2.05, 4.69) is 59.8 Å². The summed E-state index contributed by atoms with van der Waals surface area (Å²) >= 11 is 14.0. The Bertz CT molecular complexity index is 1100. The highest BCUT2D eigenvalue weighted by atomic mass is 35.5. The number of fused-ring (bicyclic) bond motifs is 1. The highest BCUT2D eigenvalue weighted by Crippen LogP contribution is 2.43. The van der Waals surface area contributed by atoms with E-state index in [0.29, 0.717) is 0 Å². The molecule has 0 saturated carbocycles. The van der Waals surface area contributed by atoms with Crippen molar-refractivity contribution in [1.82, 2.24) is 4.57 Å². The summed E-state index contributed by atoms with van der Waals surface area (Å²) < 4.78 is 43.6. The van der Waals surface area contributed by atoms with Gasteiger partial charge >= 0.3 is 12.4 Å². The molecule has 0 N–H and O–H groups in total. The first-order valence-electron chi connectivity index (χ1n) is 9.24. The zero-order chi connectivity index (χ0) is 22.9. The van der Waals surface area contributed by atoms with Gasteiger partial charge in [-0.05, 0) is 53.4 Å². The van der Waals surface area contributed by atoms with E-state index < -0.39 is 7.25 Å². The zero-order valence-electron chi connectivity index (χ0n) is 16.9. The van der Waals surface area contributed by atoms with Gasteiger partial charge in [-0.2, -0.15) is 0 Å². The first-order chi connectivity index (χ1) is 14.5. The molecule has 1 atom stereocenters. The minimum absolute atomic E-state index is 0.199. The number of hydrogen-bond donors (Lipinski definition) is 0. The number of benzene rings is 2. The van der Waals surface area contributed by atoms with Crippen LogP contribution in [-0.4, -0.2) is 18.1 Å². The number of halogens is 6. The van der Waals surface area contributed by atoms with Gasteiger partial charge in [0.2, 0.25) is 0 Å². The summed E-state index contributed by atoms with van der Waals surface area (Å²) in [4.78, 5) is 0. The highest BCUT2D eigenvalue weighted by Gasteiger charge is 2.39. The lowest BCUT2D eigenvalue weighted by Gasteiger charge is -2.08. The zero-order valence-corrected chi connectivity index (χ0v) is 19.2. The van der Waals surface area contributed by atoms with E-state index in [1.807, 2.05) is 24.3 Å². The van der Waals surface area contributed by atoms with Crippen LogP contribution in [0.3, 0.4) is 0 Å². The van der Waals surface area contributed by atoms with Gasteiger partial charge in [0.1, 0.15) is 0 Å². The molecule has 0 spiro atoms. The quantitative estimate of drug-likeness (QED) is 0.171. The van der Waals surface area contributed by atoms with Crippen LogP contribution in [0.25, 0.3) is 5.57 Å². The molecule has 4 rings (SSSR count). The minimum atomic E-state index is -6.00. The Labute approximate surface area is 192 Å². The van der Waals surface area contributed by atoms with Crippen LogP contribution in [0.15, 0.2) is 59.8 Å². The third-order valence-corrected chi connectivity index (χ3v) is 6.38. The van der Waals surface area contributed by atoms with E-state index in [4.69, 9.17) is 23.2 Å². The molecule has 1 unspecified atom stereocenters. The molecule has 0 radical (unpaired) electrons. The molecule has 31 heavy (non-hydrogen) atoms. The van der Waals surface area contributed by atoms with Crippen LogP contribution in [0.4, 0.5) is 17.3 Å². The van der Waals surface area contributed by atoms with Crippen molar-refractivity contribution in [3.05, 3.63) is 87.2 Å². The standard InChI is InChI=1S/C21H19Cl2N2S.BF4/c1-24-19-17(13-4-8-15(22)9-5-13)12-18(14-6-10-16(23)11-7-14)20(19)25(2)21(24)26-3;2-1(3,4)5/h4-12,17H,1-3H3;/q+1;-1. The fourth-order valence-corrected chi connectivity index (χ4v) is 4.80. The summed E-state index contributed by atoms with van der Waals surface area (Å²) in [6.07, 6.45) is 4.47. The maximum Gasteiger partial charge on any atom is 0.673 e. The Kier molecular flexibility index (Phi) is 7.13. The van der Waals surface area contributed by atoms with Gasteiger partial charge < -0.3 is 17.3 Å². The number of nitrogens with zero attached hydrogens (tertiary/aromatic N) is 2. The summed E-state index contributed by atoms with van der Waals surface area (Å²) in [7, 11) is -1.72. The maximum atomic E-state index is 9.75. The van der Waals surface area contributed by atoms with Crippen LogP contribution in [0, 0.1) is 0 Å². The summed E-state index contributed by atoms with van der Waals surface area (Å²) in [6, 6.07) is 16.2. The molecule has 0 bridgehead atoms. The number of thioether (sulfide) groups is 1. The lowest BCUT2D eigenvalue weighted by atomic mass is 9.98. The number of rotatable bonds is 3. The Morgan fingerprint density at radius 2 is 1.42 bits per heavy atom. The molecular weight excluding hydrogens is 470 g/mol. The Balaban J connectivity index is 0.000000491. The molecule has 10 heteroatoms. The summed E-state index contributed by atoms with van der Waals surface area (Å²) in [6.45, 7) is 0. The van der Waals surface area contributed by atoms with Gasteiger partial charge in [-0.15, -0.1) is 0 Å². The first kappa shape index (κ1) is 23.8. The van der Waals surface area contributed by atoms with Gasteiger partial charge in [0.25, 0.3) is 0 Å². The van der Waals surface area contributed by atoms with E-state index >= 15 is 0 Å². The minimum Gasteiger partial charge on any atom is -0.418 e. The molecular formula is C21H19BCl2F4N2S. The third-order valence-electron chi connectivity index (χ3n) is 4.96. The summed E-state index contributed by atoms with van der Waals surface area (Å²) in [5.74, 6) is 0.199. The molecule has 164 valence electrons. The number of hydrogen-bond acceptors (Lipinski definition) is 1. The van der Waals surface area contributed by atoms with E-state index in [9.17, 15) is 17.3 Å². The topological polar surface area (TPSA) is 8.81 Å². The molecule has 0 fully saturated rings. The predicted octanol–water partition coefficient (Wildman–Crippen LogP) is 6.76. The van der Waals surface area contributed by atoms with Gasteiger partial charge in [0.15, 0.2) is 11.4 Å². The van der Waals surface area contributed by atoms with Crippen molar-refractivity contribution in [1.29, 1.82) is 0 Å². The SMILES string of the molecule is CSc1n(C)c2c([n+]1C)C(c1ccc(Cl)cc1)=CC2c1ccc(Cl)cc1.F[B-](F)(F)F. The number of allylic oxidation sites excluding steroid dienone is 1. The smallest absolute Gasteiger partial charge is 0.418 e. The Hall–Kier alpha value is -1.90. The van der Waals surface area contributed by atoms with Crippen LogP contribution in [0.1, 0.15) is 28.4 Å². The first-order valence-corrected chi connectivity index (χ1v) is 11.2. The van der Waals surface area contributed by atoms with E-state index in [0.717, 1.165) is 10.0 Å². The second-order valence-electron chi connectivity index (χ2n) is 6.95. The summed E-state index contributed by atoms with van der Waals surface area (Å²) in [5, 5.41) is 2.74. The van der Waals surface area contributed by atoms with E-state index in [-0.39, 0.29) is 5.92 Å². The van der Waals surface area contributed by atoms with Crippen LogP contribution in [0.5, 0.6) is 0 Å². The van der Waals surface area contributed by atoms with E-state index in [1.165, 1.54) is 33.2 Å². The molecule has 1 aliphatic rings. The molecule has 3 aromatic rings. The van der Waals surface area contributed by atoms with Crippen LogP contribution in [-0.2, 0) is 14.1 Å². The monoisotopic (exact) mass is 488 g/mol. The molecule has 0 aliphatic heterocycles. The van der Waals surface area contributed by atoms with Gasteiger partial charge in [0.05, 0.1) is 20.0 Å². The van der Waals surface area contributed by atoms with Gasteiger partial charge in [-0.1, -0.05) is 53.5 Å². The molecule has 0 saturated heterocycles. The molecule has 1 aliphatic carbocycles. The second-order valence-corrected chi connectivity index (χ2v) is 8.60. The average molecular weight is 489 g/mol. The maximum absolute atomic E-state index is 9.75. The van der Waals surface area contributed by atoms with Crippen molar-refractivity contribution >= 4 is 47.8 Å². The molecule has 1 aromatic heterocycles. The van der Waals surface area contributed by atoms with E-state index in [1.54, 1.807) is 11.8 Å². The van der Waals surface area contributed by atoms with Crippen molar-refractivity contribution in [2.24, 2.45) is 14.1 Å². The molecule has 2 nitrogen and oxygen atoms in total. The normalized spacial score (nSPS) is 15.3. The number of aromatic nitrogens is 2. The van der Waals surface area contributed by atoms with Crippen molar-refractivity contribution in [3.63, 3.8) is 0 Å². The molecule has 2 aromatic carbocycles. The van der Waals surface area contributed by atoms with Crippen LogP contribution in [0.2, 0.25) is 10.0 Å². The Morgan fingerprint density at radius 1 is 0.935 bits per heavy atom. The van der Waals surface area contributed by atoms with Crippen molar-refractivity contribution in [2.45, 2.75) is 11.1 Å². The fraction of sp³-hybridized carbons (Fsp3) is 0.190. The fourth-order valence-electron chi connectivity index (χ4n) is 3.81. The van der Waals surface area contributed by atoms with Crippen molar-refractivity contribution in [2.75, 3.05) is 6.26 Å². The van der Waals surface area contributed by atoms with Crippen LogP contribution < -0.4 is 4.57 Å². The molecule has 1 heterocycles. The predicted molar refractivity (Wildman–Crippen MR) is 120 cm³/mol.